The van der Waals surface area contributed by atoms with Crippen molar-refractivity contribution in [3.63, 3.8) is 0 Å². The molecule has 0 aromatic rings. The molecule has 0 spiro atoms. The number of carbonyl (C=O) groups excluding carboxylic acids is 1. The first-order chi connectivity index (χ1) is 6.72. The van der Waals surface area contributed by atoms with Gasteiger partial charge in [0.05, 0.1) is 12.2 Å². The molecule has 0 aliphatic heterocycles. The van der Waals surface area contributed by atoms with Crippen LogP contribution in [-0.2, 0) is 19.4 Å². The minimum atomic E-state index is -3.15. The Kier molecular flexibility index (Phi) is 5.27. The highest BCUT2D eigenvalue weighted by atomic mass is 32.2. The highest BCUT2D eigenvalue weighted by Gasteiger charge is 2.12. The fourth-order valence-electron chi connectivity index (χ4n) is 0.852. The number of hydrogen-bond acceptors (Lipinski definition) is 4. The van der Waals surface area contributed by atoms with E-state index in [2.05, 4.69) is 0 Å². The summed E-state index contributed by atoms with van der Waals surface area (Å²) in [5.41, 5.74) is 0. The maximum atomic E-state index is 11.3. The van der Waals surface area contributed by atoms with Crippen LogP contribution in [0.1, 0.15) is 12.8 Å². The quantitative estimate of drug-likeness (QED) is 0.663. The zero-order valence-corrected chi connectivity index (χ0v) is 9.58. The third-order valence-corrected chi connectivity index (χ3v) is 2.72. The lowest BCUT2D eigenvalue weighted by molar-refractivity contribution is -0.138. The van der Waals surface area contributed by atoms with Crippen molar-refractivity contribution in [3.8, 4) is 0 Å². The zero-order valence-electron chi connectivity index (χ0n) is 8.76. The number of nitrogens with zero attached hydrogens (tertiary/aromatic N) is 1. The number of sulfone groups is 1. The number of hydrogen-bond donors (Lipinski definition) is 1. The number of carbonyl (C=O) groups is 2. The summed E-state index contributed by atoms with van der Waals surface area (Å²) in [5, 5.41) is 8.37. The highest BCUT2D eigenvalue weighted by Crippen LogP contribution is 1.96. The van der Waals surface area contributed by atoms with E-state index in [0.29, 0.717) is 0 Å². The first kappa shape index (κ1) is 13.9. The van der Waals surface area contributed by atoms with E-state index in [1.54, 1.807) is 0 Å². The molecule has 0 aromatic carbocycles. The van der Waals surface area contributed by atoms with Crippen LogP contribution >= 0.6 is 0 Å². The minimum absolute atomic E-state index is 0.0952. The predicted octanol–water partition coefficient (Wildman–Crippen LogP) is -0.646. The number of aliphatic carboxylic acids is 1. The van der Waals surface area contributed by atoms with Crippen molar-refractivity contribution < 1.29 is 23.1 Å². The molecule has 0 aliphatic rings. The van der Waals surface area contributed by atoms with E-state index in [0.717, 1.165) is 6.26 Å². The van der Waals surface area contributed by atoms with E-state index >= 15 is 0 Å². The van der Waals surface area contributed by atoms with E-state index in [4.69, 9.17) is 5.11 Å². The van der Waals surface area contributed by atoms with Crippen molar-refractivity contribution in [2.24, 2.45) is 0 Å². The molecular weight excluding hydrogens is 222 g/mol. The van der Waals surface area contributed by atoms with Gasteiger partial charge in [0.25, 0.3) is 0 Å². The highest BCUT2D eigenvalue weighted by molar-refractivity contribution is 7.90. The van der Waals surface area contributed by atoms with Crippen LogP contribution in [-0.4, -0.2) is 55.9 Å². The molecular formula is C8H15NO5S. The molecule has 0 aliphatic carbocycles. The molecule has 0 saturated carbocycles. The number of carboxylic acid groups (broad SMARTS) is 1. The van der Waals surface area contributed by atoms with Gasteiger partial charge in [0.1, 0.15) is 9.84 Å². The molecule has 0 atom stereocenters. The lowest BCUT2D eigenvalue weighted by Gasteiger charge is -2.15. The Morgan fingerprint density at radius 2 is 1.80 bits per heavy atom. The van der Waals surface area contributed by atoms with E-state index in [9.17, 15) is 18.0 Å². The summed E-state index contributed by atoms with van der Waals surface area (Å²) in [6, 6.07) is 0. The van der Waals surface area contributed by atoms with Crippen molar-refractivity contribution in [1.82, 2.24) is 4.90 Å². The Morgan fingerprint density at radius 3 is 2.20 bits per heavy atom. The summed E-state index contributed by atoms with van der Waals surface area (Å²) < 4.78 is 21.5. The standard InChI is InChI=1S/C8H15NO5S/c1-9(5-3-8(11)12)7(10)4-6-15(2,13)14/h3-6H2,1-2H3,(H,11,12). The minimum Gasteiger partial charge on any atom is -0.481 e. The molecule has 6 nitrogen and oxygen atoms in total. The molecule has 1 amide bonds. The van der Waals surface area contributed by atoms with Crippen LogP contribution in [0.2, 0.25) is 0 Å². The maximum Gasteiger partial charge on any atom is 0.305 e. The fraction of sp³-hybridized carbons (Fsp3) is 0.750. The van der Waals surface area contributed by atoms with E-state index in [1.807, 2.05) is 0 Å². The van der Waals surface area contributed by atoms with Crippen molar-refractivity contribution in [2.45, 2.75) is 12.8 Å². The lowest BCUT2D eigenvalue weighted by atomic mass is 10.3. The molecule has 0 saturated heterocycles. The molecule has 88 valence electrons. The topological polar surface area (TPSA) is 91.8 Å². The van der Waals surface area contributed by atoms with Gasteiger partial charge in [-0.3, -0.25) is 9.59 Å². The third-order valence-electron chi connectivity index (χ3n) is 1.77. The van der Waals surface area contributed by atoms with Gasteiger partial charge >= 0.3 is 5.97 Å². The second-order valence-corrected chi connectivity index (χ2v) is 5.60. The molecule has 15 heavy (non-hydrogen) atoms. The van der Waals surface area contributed by atoms with E-state index < -0.39 is 15.8 Å². The van der Waals surface area contributed by atoms with Crippen LogP contribution in [0.3, 0.4) is 0 Å². The normalized spacial score (nSPS) is 11.1. The van der Waals surface area contributed by atoms with Crippen molar-refractivity contribution in [1.29, 1.82) is 0 Å². The molecule has 0 radical (unpaired) electrons. The van der Waals surface area contributed by atoms with Gasteiger partial charge in [-0.2, -0.15) is 0 Å². The van der Waals surface area contributed by atoms with Crippen LogP contribution in [0.25, 0.3) is 0 Å². The largest absolute Gasteiger partial charge is 0.481 e. The Labute approximate surface area is 88.8 Å². The second kappa shape index (κ2) is 5.69. The first-order valence-corrected chi connectivity index (χ1v) is 6.42. The van der Waals surface area contributed by atoms with Crippen molar-refractivity contribution >= 4 is 21.7 Å². The summed E-state index contributed by atoms with van der Waals surface area (Å²) in [5.74, 6) is -1.55. The molecule has 1 N–H and O–H groups in total. The summed E-state index contributed by atoms with van der Waals surface area (Å²) in [4.78, 5) is 22.7. The summed E-state index contributed by atoms with van der Waals surface area (Å²) in [6.07, 6.45) is 0.813. The van der Waals surface area contributed by atoms with E-state index in [-0.39, 0.29) is 31.0 Å². The molecule has 7 heteroatoms. The van der Waals surface area contributed by atoms with Crippen LogP contribution in [0.4, 0.5) is 0 Å². The van der Waals surface area contributed by atoms with Crippen LogP contribution in [0, 0.1) is 0 Å². The predicted molar refractivity (Wildman–Crippen MR) is 54.2 cm³/mol. The number of rotatable bonds is 6. The average molecular weight is 237 g/mol. The Balaban J connectivity index is 3.95. The van der Waals surface area contributed by atoms with Gasteiger partial charge in [0.2, 0.25) is 5.91 Å². The lowest BCUT2D eigenvalue weighted by Crippen LogP contribution is -2.30. The molecule has 0 aromatic heterocycles. The SMILES string of the molecule is CN(CCC(=O)O)C(=O)CCS(C)(=O)=O. The number of amides is 1. The van der Waals surface area contributed by atoms with Gasteiger partial charge in [-0.15, -0.1) is 0 Å². The average Bonchev–Trinajstić information content (AvgIpc) is 2.08. The maximum absolute atomic E-state index is 11.3. The fourth-order valence-corrected chi connectivity index (χ4v) is 1.40. The second-order valence-electron chi connectivity index (χ2n) is 3.34. The smallest absolute Gasteiger partial charge is 0.305 e. The van der Waals surface area contributed by atoms with Crippen molar-refractivity contribution in [2.75, 3.05) is 25.6 Å². The Morgan fingerprint density at radius 1 is 1.27 bits per heavy atom. The first-order valence-electron chi connectivity index (χ1n) is 4.36. The third kappa shape index (κ3) is 7.92. The van der Waals surface area contributed by atoms with Crippen LogP contribution in [0.5, 0.6) is 0 Å². The van der Waals surface area contributed by atoms with Gasteiger partial charge < -0.3 is 10.0 Å². The molecule has 0 bridgehead atoms. The Bertz CT molecular complexity index is 335. The molecule has 0 fully saturated rings. The van der Waals surface area contributed by atoms with Gasteiger partial charge in [-0.25, -0.2) is 8.42 Å². The summed E-state index contributed by atoms with van der Waals surface area (Å²) >= 11 is 0. The molecule has 0 unspecified atom stereocenters. The van der Waals surface area contributed by atoms with Crippen molar-refractivity contribution in [3.05, 3.63) is 0 Å². The van der Waals surface area contributed by atoms with Crippen LogP contribution in [0.15, 0.2) is 0 Å². The zero-order chi connectivity index (χ0) is 12.1. The molecule has 0 rings (SSSR count). The summed E-state index contributed by atoms with van der Waals surface area (Å²) in [7, 11) is -1.70. The van der Waals surface area contributed by atoms with Gasteiger partial charge in [0.15, 0.2) is 0 Å². The van der Waals surface area contributed by atoms with Gasteiger partial charge in [-0.1, -0.05) is 0 Å². The van der Waals surface area contributed by atoms with Gasteiger partial charge in [0, 0.05) is 26.3 Å². The van der Waals surface area contributed by atoms with Crippen LogP contribution < -0.4 is 0 Å². The van der Waals surface area contributed by atoms with E-state index in [1.165, 1.54) is 11.9 Å². The summed E-state index contributed by atoms with van der Waals surface area (Å²) in [6.45, 7) is 0.0952. The number of carboxylic acids is 1. The van der Waals surface area contributed by atoms with Gasteiger partial charge in [-0.05, 0) is 0 Å². The Hall–Kier alpha value is -1.11. The molecule has 0 heterocycles. The monoisotopic (exact) mass is 237 g/mol.